The Balaban J connectivity index is 2.30. The second-order valence-corrected chi connectivity index (χ2v) is 4.61. The third-order valence-electron chi connectivity index (χ3n) is 2.73. The van der Waals surface area contributed by atoms with Crippen LogP contribution in [0.4, 0.5) is 5.69 Å². The Morgan fingerprint density at radius 1 is 1.58 bits per heavy atom. The predicted octanol–water partition coefficient (Wildman–Crippen LogP) is 2.27. The van der Waals surface area contributed by atoms with Crippen LogP contribution < -0.4 is 10.5 Å². The van der Waals surface area contributed by atoms with Gasteiger partial charge in [-0.05, 0) is 19.1 Å². The molecule has 0 amide bonds. The molecule has 1 aromatic rings. The lowest BCUT2D eigenvalue weighted by molar-refractivity contribution is 0.0517. The molecular weight excluding hydrogens is 270 g/mol. The molecule has 19 heavy (non-hydrogen) atoms. The van der Waals surface area contributed by atoms with E-state index in [0.717, 1.165) is 6.42 Å². The monoisotopic (exact) mass is 285 g/mol. The summed E-state index contributed by atoms with van der Waals surface area (Å²) in [7, 11) is 0. The summed E-state index contributed by atoms with van der Waals surface area (Å²) in [6, 6.07) is 3.06. The van der Waals surface area contributed by atoms with Crippen LogP contribution in [0.25, 0.3) is 0 Å². The summed E-state index contributed by atoms with van der Waals surface area (Å²) >= 11 is 6.10. The summed E-state index contributed by atoms with van der Waals surface area (Å²) in [5.74, 6) is -0.185. The standard InChI is InChI=1S/C13H16ClNO4/c1-2-18-13(16)10-5-8(15)6-11(14)12(10)19-9-3-4-17-7-9/h5-6,9H,2-4,7,15H2,1H3. The van der Waals surface area contributed by atoms with Crippen molar-refractivity contribution < 1.29 is 19.0 Å². The molecule has 1 aromatic carbocycles. The first-order chi connectivity index (χ1) is 9.11. The molecule has 0 saturated carbocycles. The van der Waals surface area contributed by atoms with Gasteiger partial charge in [0.2, 0.25) is 0 Å². The topological polar surface area (TPSA) is 70.8 Å². The quantitative estimate of drug-likeness (QED) is 0.679. The number of carbonyl (C=O) groups excluding carboxylic acids is 1. The number of hydrogen-bond donors (Lipinski definition) is 1. The molecule has 5 nitrogen and oxygen atoms in total. The van der Waals surface area contributed by atoms with Gasteiger partial charge in [-0.2, -0.15) is 0 Å². The number of esters is 1. The van der Waals surface area contributed by atoms with E-state index in [1.807, 2.05) is 0 Å². The molecule has 2 N–H and O–H groups in total. The van der Waals surface area contributed by atoms with Gasteiger partial charge in [0.15, 0.2) is 5.75 Å². The molecule has 2 rings (SSSR count). The number of hydrogen-bond acceptors (Lipinski definition) is 5. The molecule has 1 aliphatic rings. The number of nitrogens with two attached hydrogens (primary N) is 1. The number of carbonyl (C=O) groups is 1. The zero-order valence-electron chi connectivity index (χ0n) is 10.6. The Labute approximate surface area is 116 Å². The maximum atomic E-state index is 11.9. The van der Waals surface area contributed by atoms with Crippen molar-refractivity contribution in [3.05, 3.63) is 22.7 Å². The number of halogens is 1. The van der Waals surface area contributed by atoms with E-state index in [4.69, 9.17) is 31.5 Å². The fourth-order valence-corrected chi connectivity index (χ4v) is 2.14. The van der Waals surface area contributed by atoms with Crippen molar-refractivity contribution in [3.8, 4) is 5.75 Å². The Hall–Kier alpha value is -1.46. The molecule has 0 spiro atoms. The van der Waals surface area contributed by atoms with Crippen LogP contribution in [0, 0.1) is 0 Å². The van der Waals surface area contributed by atoms with E-state index in [2.05, 4.69) is 0 Å². The van der Waals surface area contributed by atoms with Crippen molar-refractivity contribution in [1.29, 1.82) is 0 Å². The van der Waals surface area contributed by atoms with E-state index < -0.39 is 5.97 Å². The number of ether oxygens (including phenoxy) is 3. The van der Waals surface area contributed by atoms with Gasteiger partial charge in [0.1, 0.15) is 11.7 Å². The summed E-state index contributed by atoms with van der Waals surface area (Å²) < 4.78 is 16.0. The normalized spacial score (nSPS) is 18.3. The highest BCUT2D eigenvalue weighted by Crippen LogP contribution is 2.33. The van der Waals surface area contributed by atoms with Crippen LogP contribution in [-0.4, -0.2) is 31.9 Å². The van der Waals surface area contributed by atoms with E-state index >= 15 is 0 Å². The summed E-state index contributed by atoms with van der Waals surface area (Å²) in [5.41, 5.74) is 6.34. The lowest BCUT2D eigenvalue weighted by Crippen LogP contribution is -2.18. The van der Waals surface area contributed by atoms with E-state index in [-0.39, 0.29) is 18.3 Å². The molecule has 1 unspecified atom stereocenters. The number of anilines is 1. The van der Waals surface area contributed by atoms with Crippen molar-refractivity contribution >= 4 is 23.3 Å². The average molecular weight is 286 g/mol. The van der Waals surface area contributed by atoms with E-state index in [1.54, 1.807) is 13.0 Å². The summed E-state index contributed by atoms with van der Waals surface area (Å²) in [4.78, 5) is 11.9. The van der Waals surface area contributed by atoms with Crippen LogP contribution in [0.15, 0.2) is 12.1 Å². The first-order valence-electron chi connectivity index (χ1n) is 6.12. The highest BCUT2D eigenvalue weighted by atomic mass is 35.5. The minimum absolute atomic E-state index is 0.102. The van der Waals surface area contributed by atoms with Gasteiger partial charge in [0, 0.05) is 12.1 Å². The number of benzene rings is 1. The van der Waals surface area contributed by atoms with Crippen LogP contribution in [0.3, 0.4) is 0 Å². The van der Waals surface area contributed by atoms with Crippen molar-refractivity contribution in [1.82, 2.24) is 0 Å². The Bertz CT molecular complexity index is 472. The van der Waals surface area contributed by atoms with Gasteiger partial charge < -0.3 is 19.9 Å². The Morgan fingerprint density at radius 3 is 3.00 bits per heavy atom. The summed E-state index contributed by atoms with van der Waals surface area (Å²) in [5, 5.41) is 0.301. The first kappa shape index (κ1) is 14.0. The fourth-order valence-electron chi connectivity index (χ4n) is 1.87. The molecule has 1 atom stereocenters. The SMILES string of the molecule is CCOC(=O)c1cc(N)cc(Cl)c1OC1CCOC1. The zero-order valence-corrected chi connectivity index (χ0v) is 11.4. The van der Waals surface area contributed by atoms with Gasteiger partial charge in [-0.3, -0.25) is 0 Å². The molecule has 0 bridgehead atoms. The van der Waals surface area contributed by atoms with Gasteiger partial charge in [0.05, 0.1) is 24.8 Å². The van der Waals surface area contributed by atoms with E-state index in [1.165, 1.54) is 6.07 Å². The molecule has 1 saturated heterocycles. The van der Waals surface area contributed by atoms with Crippen LogP contribution in [0.1, 0.15) is 23.7 Å². The lowest BCUT2D eigenvalue weighted by Gasteiger charge is -2.17. The van der Waals surface area contributed by atoms with Crippen LogP contribution in [0.2, 0.25) is 5.02 Å². The third-order valence-corrected chi connectivity index (χ3v) is 3.01. The van der Waals surface area contributed by atoms with Gasteiger partial charge in [0.25, 0.3) is 0 Å². The van der Waals surface area contributed by atoms with Crippen molar-refractivity contribution in [2.24, 2.45) is 0 Å². The smallest absolute Gasteiger partial charge is 0.342 e. The lowest BCUT2D eigenvalue weighted by atomic mass is 10.1. The highest BCUT2D eigenvalue weighted by Gasteiger charge is 2.24. The minimum Gasteiger partial charge on any atom is -0.485 e. The molecule has 104 valence electrons. The van der Waals surface area contributed by atoms with Crippen molar-refractivity contribution in [3.63, 3.8) is 0 Å². The van der Waals surface area contributed by atoms with Gasteiger partial charge in [-0.25, -0.2) is 4.79 Å². The van der Waals surface area contributed by atoms with Crippen LogP contribution >= 0.6 is 11.6 Å². The largest absolute Gasteiger partial charge is 0.485 e. The van der Waals surface area contributed by atoms with Gasteiger partial charge >= 0.3 is 5.97 Å². The number of rotatable bonds is 4. The zero-order chi connectivity index (χ0) is 13.8. The molecule has 0 radical (unpaired) electrons. The maximum absolute atomic E-state index is 11.9. The molecule has 6 heteroatoms. The van der Waals surface area contributed by atoms with Gasteiger partial charge in [-0.15, -0.1) is 0 Å². The van der Waals surface area contributed by atoms with Crippen molar-refractivity contribution in [2.75, 3.05) is 25.6 Å². The predicted molar refractivity (Wildman–Crippen MR) is 71.7 cm³/mol. The highest BCUT2D eigenvalue weighted by molar-refractivity contribution is 6.33. The number of nitrogen functional groups attached to an aromatic ring is 1. The first-order valence-corrected chi connectivity index (χ1v) is 6.50. The van der Waals surface area contributed by atoms with Crippen LogP contribution in [0.5, 0.6) is 5.75 Å². The molecule has 1 fully saturated rings. The third kappa shape index (κ3) is 3.30. The Kier molecular flexibility index (Phi) is 4.50. The molecule has 1 aliphatic heterocycles. The second kappa shape index (κ2) is 6.12. The summed E-state index contributed by atoms with van der Waals surface area (Å²) in [6.07, 6.45) is 0.664. The minimum atomic E-state index is -0.495. The second-order valence-electron chi connectivity index (χ2n) is 4.20. The molecule has 1 heterocycles. The molecule has 0 aliphatic carbocycles. The van der Waals surface area contributed by atoms with Crippen molar-refractivity contribution in [2.45, 2.75) is 19.4 Å². The summed E-state index contributed by atoms with van der Waals surface area (Å²) in [6.45, 7) is 3.14. The average Bonchev–Trinajstić information content (AvgIpc) is 2.85. The fraction of sp³-hybridized carbons (Fsp3) is 0.462. The van der Waals surface area contributed by atoms with E-state index in [0.29, 0.717) is 29.7 Å². The van der Waals surface area contributed by atoms with E-state index in [9.17, 15) is 4.79 Å². The van der Waals surface area contributed by atoms with Crippen LogP contribution in [-0.2, 0) is 9.47 Å². The molecular formula is C13H16ClNO4. The Morgan fingerprint density at radius 2 is 2.37 bits per heavy atom. The maximum Gasteiger partial charge on any atom is 0.342 e. The van der Waals surface area contributed by atoms with Gasteiger partial charge in [-0.1, -0.05) is 11.6 Å². The molecule has 0 aromatic heterocycles.